The SMILES string of the molecule is CC(C)Cn1cc(CN2CCO[C@H](C)[C@H]2C(N)=O)cn1. The molecule has 0 saturated carbocycles. The summed E-state index contributed by atoms with van der Waals surface area (Å²) in [6, 6.07) is -0.364. The van der Waals surface area contributed by atoms with Crippen LogP contribution in [0.15, 0.2) is 12.4 Å². The zero-order chi connectivity index (χ0) is 14.7. The van der Waals surface area contributed by atoms with Crippen molar-refractivity contribution in [3.05, 3.63) is 18.0 Å². The van der Waals surface area contributed by atoms with Crippen LogP contribution in [0.3, 0.4) is 0 Å². The van der Waals surface area contributed by atoms with Crippen molar-refractivity contribution in [3.8, 4) is 0 Å². The van der Waals surface area contributed by atoms with Gasteiger partial charge in [-0.3, -0.25) is 14.4 Å². The first-order valence-corrected chi connectivity index (χ1v) is 7.13. The highest BCUT2D eigenvalue weighted by atomic mass is 16.5. The lowest BCUT2D eigenvalue weighted by Crippen LogP contribution is -2.56. The molecule has 0 bridgehead atoms. The van der Waals surface area contributed by atoms with Gasteiger partial charge < -0.3 is 10.5 Å². The molecule has 0 radical (unpaired) electrons. The van der Waals surface area contributed by atoms with Crippen LogP contribution in [0.5, 0.6) is 0 Å². The first-order valence-electron chi connectivity index (χ1n) is 7.13. The summed E-state index contributed by atoms with van der Waals surface area (Å²) in [5.74, 6) is 0.233. The van der Waals surface area contributed by atoms with Gasteiger partial charge in [0, 0.05) is 31.4 Å². The van der Waals surface area contributed by atoms with Crippen LogP contribution in [-0.4, -0.2) is 45.9 Å². The van der Waals surface area contributed by atoms with Crippen LogP contribution in [0.4, 0.5) is 0 Å². The largest absolute Gasteiger partial charge is 0.375 e. The van der Waals surface area contributed by atoms with Crippen LogP contribution in [0.1, 0.15) is 26.3 Å². The summed E-state index contributed by atoms with van der Waals surface area (Å²) in [7, 11) is 0. The van der Waals surface area contributed by atoms with Crippen LogP contribution in [0.25, 0.3) is 0 Å². The van der Waals surface area contributed by atoms with Crippen LogP contribution < -0.4 is 5.73 Å². The molecule has 2 N–H and O–H groups in total. The minimum atomic E-state index is -0.364. The molecule has 112 valence electrons. The normalized spacial score (nSPS) is 24.2. The summed E-state index contributed by atoms with van der Waals surface area (Å²) in [5.41, 5.74) is 6.59. The molecule has 0 aromatic carbocycles. The zero-order valence-corrected chi connectivity index (χ0v) is 12.5. The number of ether oxygens (including phenoxy) is 1. The molecule has 1 aliphatic rings. The molecule has 1 aromatic rings. The minimum absolute atomic E-state index is 0.160. The number of hydrogen-bond acceptors (Lipinski definition) is 4. The molecular weight excluding hydrogens is 256 g/mol. The number of nitrogens with zero attached hydrogens (tertiary/aromatic N) is 3. The van der Waals surface area contributed by atoms with Gasteiger partial charge in [0.1, 0.15) is 6.04 Å². The Morgan fingerprint density at radius 2 is 2.35 bits per heavy atom. The molecule has 2 heterocycles. The maximum absolute atomic E-state index is 11.6. The maximum atomic E-state index is 11.6. The molecule has 1 fully saturated rings. The van der Waals surface area contributed by atoms with E-state index in [1.165, 1.54) is 0 Å². The van der Waals surface area contributed by atoms with Gasteiger partial charge in [-0.2, -0.15) is 5.10 Å². The van der Waals surface area contributed by atoms with E-state index >= 15 is 0 Å². The molecule has 1 aliphatic heterocycles. The molecule has 1 aromatic heterocycles. The van der Waals surface area contributed by atoms with Crippen LogP contribution >= 0.6 is 0 Å². The van der Waals surface area contributed by atoms with Crippen molar-refractivity contribution in [3.63, 3.8) is 0 Å². The van der Waals surface area contributed by atoms with Gasteiger partial charge in [0.15, 0.2) is 0 Å². The quantitative estimate of drug-likeness (QED) is 0.858. The number of aromatic nitrogens is 2. The molecular formula is C14H24N4O2. The summed E-state index contributed by atoms with van der Waals surface area (Å²) in [4.78, 5) is 13.7. The van der Waals surface area contributed by atoms with Crippen molar-refractivity contribution in [2.24, 2.45) is 11.7 Å². The van der Waals surface area contributed by atoms with Crippen LogP contribution in [0, 0.1) is 5.92 Å². The molecule has 6 nitrogen and oxygen atoms in total. The second-order valence-electron chi connectivity index (χ2n) is 5.86. The van der Waals surface area contributed by atoms with Crippen molar-refractivity contribution < 1.29 is 9.53 Å². The summed E-state index contributed by atoms with van der Waals surface area (Å²) >= 11 is 0. The van der Waals surface area contributed by atoms with E-state index in [9.17, 15) is 4.79 Å². The molecule has 0 unspecified atom stereocenters. The van der Waals surface area contributed by atoms with E-state index in [0.717, 1.165) is 12.1 Å². The van der Waals surface area contributed by atoms with Crippen LogP contribution in [0.2, 0.25) is 0 Å². The highest BCUT2D eigenvalue weighted by molar-refractivity contribution is 5.80. The summed E-state index contributed by atoms with van der Waals surface area (Å²) in [5, 5.41) is 4.35. The summed E-state index contributed by atoms with van der Waals surface area (Å²) in [6.45, 7) is 9.14. The number of carbonyl (C=O) groups excluding carboxylic acids is 1. The second-order valence-corrected chi connectivity index (χ2v) is 5.86. The fourth-order valence-electron chi connectivity index (χ4n) is 2.67. The smallest absolute Gasteiger partial charge is 0.237 e. The number of amides is 1. The molecule has 1 saturated heterocycles. The van der Waals surface area contributed by atoms with E-state index in [1.807, 2.05) is 24.0 Å². The lowest BCUT2D eigenvalue weighted by Gasteiger charge is -2.37. The van der Waals surface area contributed by atoms with Crippen molar-refractivity contribution in [2.75, 3.05) is 13.2 Å². The van der Waals surface area contributed by atoms with E-state index in [2.05, 4.69) is 23.8 Å². The third kappa shape index (κ3) is 3.58. The minimum Gasteiger partial charge on any atom is -0.375 e. The van der Waals surface area contributed by atoms with Gasteiger partial charge in [0.25, 0.3) is 0 Å². The molecule has 1 amide bonds. The van der Waals surface area contributed by atoms with Crippen molar-refractivity contribution in [1.82, 2.24) is 14.7 Å². The first-order chi connectivity index (χ1) is 9.47. The Morgan fingerprint density at radius 1 is 1.60 bits per heavy atom. The van der Waals surface area contributed by atoms with E-state index in [4.69, 9.17) is 10.5 Å². The second kappa shape index (κ2) is 6.37. The average molecular weight is 280 g/mol. The summed E-state index contributed by atoms with van der Waals surface area (Å²) < 4.78 is 7.46. The van der Waals surface area contributed by atoms with Gasteiger partial charge >= 0.3 is 0 Å². The Hall–Kier alpha value is -1.40. The fraction of sp³-hybridized carbons (Fsp3) is 0.714. The van der Waals surface area contributed by atoms with Gasteiger partial charge in [-0.25, -0.2) is 0 Å². The van der Waals surface area contributed by atoms with Gasteiger partial charge in [-0.15, -0.1) is 0 Å². The number of morpholine rings is 1. The van der Waals surface area contributed by atoms with Crippen molar-refractivity contribution in [1.29, 1.82) is 0 Å². The Bertz CT molecular complexity index is 458. The predicted octanol–water partition coefficient (Wildman–Crippen LogP) is 0.614. The average Bonchev–Trinajstić information content (AvgIpc) is 2.75. The van der Waals surface area contributed by atoms with Gasteiger partial charge in [-0.05, 0) is 12.8 Å². The highest BCUT2D eigenvalue weighted by Crippen LogP contribution is 2.17. The zero-order valence-electron chi connectivity index (χ0n) is 12.5. The number of nitrogens with two attached hydrogens (primary N) is 1. The van der Waals surface area contributed by atoms with E-state index in [0.29, 0.717) is 25.6 Å². The first kappa shape index (κ1) is 15.0. The standard InChI is InChI=1S/C14H24N4O2/c1-10(2)7-18-9-12(6-16-18)8-17-4-5-20-11(3)13(17)14(15)19/h6,9-11,13H,4-5,7-8H2,1-3H3,(H2,15,19)/t11-,13+/m1/s1. The summed E-state index contributed by atoms with van der Waals surface area (Å²) in [6.07, 6.45) is 3.74. The number of rotatable bonds is 5. The topological polar surface area (TPSA) is 73.4 Å². The Kier molecular flexibility index (Phi) is 4.77. The van der Waals surface area contributed by atoms with Crippen molar-refractivity contribution in [2.45, 2.75) is 46.0 Å². The van der Waals surface area contributed by atoms with E-state index in [1.54, 1.807) is 0 Å². The molecule has 6 heteroatoms. The number of primary amides is 1. The molecule has 2 rings (SSSR count). The maximum Gasteiger partial charge on any atom is 0.237 e. The van der Waals surface area contributed by atoms with E-state index in [-0.39, 0.29) is 18.1 Å². The molecule has 20 heavy (non-hydrogen) atoms. The number of carbonyl (C=O) groups is 1. The molecule has 0 spiro atoms. The fourth-order valence-corrected chi connectivity index (χ4v) is 2.67. The molecule has 0 aliphatic carbocycles. The number of hydrogen-bond donors (Lipinski definition) is 1. The monoisotopic (exact) mass is 280 g/mol. The predicted molar refractivity (Wildman–Crippen MR) is 75.9 cm³/mol. The van der Waals surface area contributed by atoms with Gasteiger partial charge in [0.05, 0.1) is 18.9 Å². The third-order valence-corrected chi connectivity index (χ3v) is 3.51. The van der Waals surface area contributed by atoms with Crippen molar-refractivity contribution >= 4 is 5.91 Å². The van der Waals surface area contributed by atoms with Crippen LogP contribution in [-0.2, 0) is 22.6 Å². The Balaban J connectivity index is 2.03. The molecule has 2 atom stereocenters. The van der Waals surface area contributed by atoms with Gasteiger partial charge in [0.2, 0.25) is 5.91 Å². The lowest BCUT2D eigenvalue weighted by molar-refractivity contribution is -0.136. The Labute approximate surface area is 119 Å². The van der Waals surface area contributed by atoms with E-state index < -0.39 is 0 Å². The Morgan fingerprint density at radius 3 is 3.00 bits per heavy atom. The van der Waals surface area contributed by atoms with Gasteiger partial charge in [-0.1, -0.05) is 13.8 Å². The highest BCUT2D eigenvalue weighted by Gasteiger charge is 2.33. The lowest BCUT2D eigenvalue weighted by atomic mass is 10.1. The third-order valence-electron chi connectivity index (χ3n) is 3.51.